The van der Waals surface area contributed by atoms with Crippen molar-refractivity contribution in [1.29, 1.82) is 0 Å². The van der Waals surface area contributed by atoms with Crippen molar-refractivity contribution in [2.45, 2.75) is 6.54 Å². The summed E-state index contributed by atoms with van der Waals surface area (Å²) >= 11 is 1.77. The lowest BCUT2D eigenvalue weighted by molar-refractivity contribution is 0.0337. The molecule has 5 nitrogen and oxygen atoms in total. The summed E-state index contributed by atoms with van der Waals surface area (Å²) in [7, 11) is 0. The zero-order chi connectivity index (χ0) is 12.2. The monoisotopic (exact) mass is 376 g/mol. The Bertz CT molecular complexity index is 384. The minimum atomic E-state index is 0. The molecule has 2 saturated heterocycles. The van der Waals surface area contributed by atoms with Crippen LogP contribution in [0.1, 0.15) is 5.69 Å². The zero-order valence-electron chi connectivity index (χ0n) is 11.8. The SMILES string of the molecule is Cl.Cl.Cl.c1sc(N2CCNCC2)nc1CN1CCOCC1. The molecule has 2 aliphatic rings. The molecule has 0 bridgehead atoms. The van der Waals surface area contributed by atoms with Gasteiger partial charge >= 0.3 is 0 Å². The van der Waals surface area contributed by atoms with Gasteiger partial charge in [0.25, 0.3) is 0 Å². The summed E-state index contributed by atoms with van der Waals surface area (Å²) in [6, 6.07) is 0. The number of halogens is 3. The number of aromatic nitrogens is 1. The molecule has 21 heavy (non-hydrogen) atoms. The van der Waals surface area contributed by atoms with E-state index in [9.17, 15) is 0 Å². The van der Waals surface area contributed by atoms with E-state index >= 15 is 0 Å². The second kappa shape index (κ2) is 10.8. The normalized spacial score (nSPS) is 19.1. The van der Waals surface area contributed by atoms with Gasteiger partial charge in [-0.25, -0.2) is 4.98 Å². The molecule has 0 saturated carbocycles. The van der Waals surface area contributed by atoms with E-state index in [1.54, 1.807) is 11.3 Å². The second-order valence-corrected chi connectivity index (χ2v) is 5.58. The van der Waals surface area contributed by atoms with E-state index in [1.165, 1.54) is 10.8 Å². The number of nitrogens with zero attached hydrogens (tertiary/aromatic N) is 3. The van der Waals surface area contributed by atoms with Gasteiger partial charge in [-0.3, -0.25) is 4.90 Å². The number of hydrogen-bond acceptors (Lipinski definition) is 6. The molecular formula is C12H23Cl3N4OS. The predicted octanol–water partition coefficient (Wildman–Crippen LogP) is 1.65. The van der Waals surface area contributed by atoms with E-state index < -0.39 is 0 Å². The highest BCUT2D eigenvalue weighted by Crippen LogP contribution is 2.21. The third kappa shape index (κ3) is 6.06. The number of thiazole rings is 1. The molecular weight excluding hydrogens is 355 g/mol. The van der Waals surface area contributed by atoms with E-state index in [-0.39, 0.29) is 37.2 Å². The first-order chi connectivity index (χ1) is 8.92. The van der Waals surface area contributed by atoms with Crippen LogP contribution in [0.15, 0.2) is 5.38 Å². The highest BCUT2D eigenvalue weighted by Gasteiger charge is 2.16. The molecule has 0 aromatic carbocycles. The number of hydrogen-bond donors (Lipinski definition) is 1. The van der Waals surface area contributed by atoms with Crippen LogP contribution in [0.3, 0.4) is 0 Å². The number of ether oxygens (including phenoxy) is 1. The molecule has 0 amide bonds. The molecule has 1 N–H and O–H groups in total. The van der Waals surface area contributed by atoms with Crippen LogP contribution in [-0.4, -0.2) is 62.4 Å². The minimum absolute atomic E-state index is 0. The standard InChI is InChI=1S/C12H20N4OS.3ClH/c1-3-16(4-2-13-1)12-14-11(10-18-12)9-15-5-7-17-8-6-15;;;/h10,13H,1-9H2;3*1H. The summed E-state index contributed by atoms with van der Waals surface area (Å²) in [6.07, 6.45) is 0. The topological polar surface area (TPSA) is 40.6 Å². The van der Waals surface area contributed by atoms with E-state index in [0.717, 1.165) is 59.0 Å². The lowest BCUT2D eigenvalue weighted by Gasteiger charge is -2.27. The van der Waals surface area contributed by atoms with Gasteiger partial charge in [0.1, 0.15) is 0 Å². The summed E-state index contributed by atoms with van der Waals surface area (Å²) in [5, 5.41) is 6.75. The van der Waals surface area contributed by atoms with E-state index in [1.807, 2.05) is 0 Å². The molecule has 0 radical (unpaired) electrons. The van der Waals surface area contributed by atoms with Crippen molar-refractivity contribution in [3.8, 4) is 0 Å². The summed E-state index contributed by atoms with van der Waals surface area (Å²) in [6.45, 7) is 9.02. The molecule has 3 heterocycles. The fraction of sp³-hybridized carbons (Fsp3) is 0.750. The Kier molecular flexibility index (Phi) is 10.9. The Morgan fingerprint density at radius 1 is 1.10 bits per heavy atom. The minimum Gasteiger partial charge on any atom is -0.379 e. The third-order valence-electron chi connectivity index (χ3n) is 3.42. The van der Waals surface area contributed by atoms with Crippen molar-refractivity contribution < 1.29 is 4.74 Å². The second-order valence-electron chi connectivity index (χ2n) is 4.75. The number of anilines is 1. The van der Waals surface area contributed by atoms with E-state index in [0.29, 0.717) is 0 Å². The van der Waals surface area contributed by atoms with Crippen molar-refractivity contribution in [3.63, 3.8) is 0 Å². The molecule has 124 valence electrons. The van der Waals surface area contributed by atoms with Crippen molar-refractivity contribution in [2.24, 2.45) is 0 Å². The average molecular weight is 378 g/mol. The van der Waals surface area contributed by atoms with Crippen molar-refractivity contribution in [1.82, 2.24) is 15.2 Å². The van der Waals surface area contributed by atoms with Gasteiger partial charge < -0.3 is 15.0 Å². The predicted molar refractivity (Wildman–Crippen MR) is 95.0 cm³/mol. The lowest BCUT2D eigenvalue weighted by Crippen LogP contribution is -2.43. The zero-order valence-corrected chi connectivity index (χ0v) is 15.1. The highest BCUT2D eigenvalue weighted by atomic mass is 35.5. The first-order valence-electron chi connectivity index (χ1n) is 6.62. The van der Waals surface area contributed by atoms with Crippen LogP contribution < -0.4 is 10.2 Å². The number of morpholine rings is 1. The number of rotatable bonds is 3. The molecule has 1 aromatic rings. The van der Waals surface area contributed by atoms with Crippen LogP contribution in [0.25, 0.3) is 0 Å². The van der Waals surface area contributed by atoms with Gasteiger partial charge in [-0.2, -0.15) is 0 Å². The first-order valence-corrected chi connectivity index (χ1v) is 7.50. The Hall–Kier alpha value is 0.180. The van der Waals surface area contributed by atoms with E-state index in [4.69, 9.17) is 9.72 Å². The van der Waals surface area contributed by atoms with Gasteiger partial charge in [0, 0.05) is 51.2 Å². The van der Waals surface area contributed by atoms with Crippen LogP contribution in [0.4, 0.5) is 5.13 Å². The van der Waals surface area contributed by atoms with Crippen LogP contribution in [-0.2, 0) is 11.3 Å². The van der Waals surface area contributed by atoms with Gasteiger partial charge in [-0.1, -0.05) is 0 Å². The van der Waals surface area contributed by atoms with Crippen LogP contribution in [0.5, 0.6) is 0 Å². The Labute approximate surface area is 148 Å². The maximum atomic E-state index is 5.36. The van der Waals surface area contributed by atoms with E-state index in [2.05, 4.69) is 20.5 Å². The Morgan fingerprint density at radius 3 is 2.43 bits per heavy atom. The molecule has 0 unspecified atom stereocenters. The van der Waals surface area contributed by atoms with Gasteiger partial charge in [0.05, 0.1) is 18.9 Å². The lowest BCUT2D eigenvalue weighted by atomic mass is 10.3. The van der Waals surface area contributed by atoms with Gasteiger partial charge in [-0.05, 0) is 0 Å². The molecule has 2 aliphatic heterocycles. The van der Waals surface area contributed by atoms with Crippen LogP contribution in [0, 0.1) is 0 Å². The number of piperazine rings is 1. The largest absolute Gasteiger partial charge is 0.379 e. The van der Waals surface area contributed by atoms with Crippen molar-refractivity contribution >= 4 is 53.7 Å². The van der Waals surface area contributed by atoms with Gasteiger partial charge in [0.15, 0.2) is 5.13 Å². The highest BCUT2D eigenvalue weighted by molar-refractivity contribution is 7.13. The summed E-state index contributed by atoms with van der Waals surface area (Å²) in [5.74, 6) is 0. The average Bonchev–Trinajstić information content (AvgIpc) is 2.89. The van der Waals surface area contributed by atoms with Crippen molar-refractivity contribution in [3.05, 3.63) is 11.1 Å². The molecule has 0 aliphatic carbocycles. The van der Waals surface area contributed by atoms with Gasteiger partial charge in [0.2, 0.25) is 0 Å². The fourth-order valence-corrected chi connectivity index (χ4v) is 3.23. The van der Waals surface area contributed by atoms with Crippen molar-refractivity contribution in [2.75, 3.05) is 57.4 Å². The molecule has 2 fully saturated rings. The molecule has 0 spiro atoms. The first kappa shape index (κ1) is 21.2. The molecule has 3 rings (SSSR count). The molecule has 1 aromatic heterocycles. The maximum Gasteiger partial charge on any atom is 0.185 e. The third-order valence-corrected chi connectivity index (χ3v) is 4.37. The fourth-order valence-electron chi connectivity index (χ4n) is 2.36. The van der Waals surface area contributed by atoms with Gasteiger partial charge in [-0.15, -0.1) is 48.6 Å². The quantitative estimate of drug-likeness (QED) is 0.867. The van der Waals surface area contributed by atoms with Crippen LogP contribution >= 0.6 is 48.6 Å². The number of nitrogens with one attached hydrogen (secondary N) is 1. The Morgan fingerprint density at radius 2 is 1.76 bits per heavy atom. The molecule has 9 heteroatoms. The summed E-state index contributed by atoms with van der Waals surface area (Å²) in [4.78, 5) is 9.56. The maximum absolute atomic E-state index is 5.36. The van der Waals surface area contributed by atoms with Crippen LogP contribution in [0.2, 0.25) is 0 Å². The smallest absolute Gasteiger partial charge is 0.185 e. The Balaban J connectivity index is 0.00000133. The molecule has 0 atom stereocenters. The summed E-state index contributed by atoms with van der Waals surface area (Å²) in [5.41, 5.74) is 1.20. The summed E-state index contributed by atoms with van der Waals surface area (Å²) < 4.78 is 5.36.